The van der Waals surface area contributed by atoms with Crippen molar-refractivity contribution in [2.75, 3.05) is 24.4 Å². The Labute approximate surface area is 178 Å². The number of hydrogen-bond donors (Lipinski definition) is 1. The number of para-hydroxylation sites is 1. The van der Waals surface area contributed by atoms with Gasteiger partial charge in [0.05, 0.1) is 31.2 Å². The van der Waals surface area contributed by atoms with Crippen molar-refractivity contribution < 1.29 is 23.5 Å². The van der Waals surface area contributed by atoms with E-state index in [0.717, 1.165) is 4.90 Å². The van der Waals surface area contributed by atoms with Crippen molar-refractivity contribution in [2.45, 2.75) is 0 Å². The van der Waals surface area contributed by atoms with Gasteiger partial charge >= 0.3 is 0 Å². The van der Waals surface area contributed by atoms with E-state index in [1.807, 2.05) is 0 Å². The normalized spacial score (nSPS) is 13.6. The average molecular weight is 418 g/mol. The molecule has 0 aromatic heterocycles. The van der Waals surface area contributed by atoms with E-state index in [0.29, 0.717) is 28.4 Å². The molecule has 0 unspecified atom stereocenters. The maximum atomic E-state index is 13.5. The third-order valence-corrected chi connectivity index (χ3v) is 4.90. The fourth-order valence-electron chi connectivity index (χ4n) is 3.39. The Kier molecular flexibility index (Phi) is 5.41. The maximum absolute atomic E-state index is 13.5. The molecule has 1 aliphatic rings. The first kappa shape index (κ1) is 20.2. The molecule has 0 spiro atoms. The van der Waals surface area contributed by atoms with Crippen molar-refractivity contribution in [3.05, 3.63) is 89.9 Å². The molecule has 6 nitrogen and oxygen atoms in total. The van der Waals surface area contributed by atoms with Crippen molar-refractivity contribution in [1.29, 1.82) is 0 Å². The average Bonchev–Trinajstić information content (AvgIpc) is 3.04. The Morgan fingerprint density at radius 3 is 2.19 bits per heavy atom. The molecule has 1 heterocycles. The summed E-state index contributed by atoms with van der Waals surface area (Å²) in [6.45, 7) is 0. The van der Waals surface area contributed by atoms with Gasteiger partial charge in [0, 0.05) is 6.07 Å². The van der Waals surface area contributed by atoms with Crippen LogP contribution >= 0.6 is 0 Å². The summed E-state index contributed by atoms with van der Waals surface area (Å²) in [6.07, 6.45) is 0. The zero-order valence-corrected chi connectivity index (χ0v) is 16.9. The minimum absolute atomic E-state index is 0.0621. The molecule has 0 radical (unpaired) electrons. The molecule has 0 atom stereocenters. The molecule has 0 bridgehead atoms. The van der Waals surface area contributed by atoms with Crippen LogP contribution in [0.5, 0.6) is 11.5 Å². The van der Waals surface area contributed by atoms with Gasteiger partial charge in [0.2, 0.25) is 0 Å². The van der Waals surface area contributed by atoms with E-state index in [1.165, 1.54) is 38.5 Å². The van der Waals surface area contributed by atoms with Gasteiger partial charge in [-0.05, 0) is 42.0 Å². The number of nitrogens with zero attached hydrogens (tertiary/aromatic N) is 1. The largest absolute Gasteiger partial charge is 0.497 e. The molecule has 1 N–H and O–H groups in total. The van der Waals surface area contributed by atoms with Crippen LogP contribution in [0.25, 0.3) is 5.57 Å². The SMILES string of the molecule is COc1ccc(OC)c(NC2=C(c3ccc(F)cc3)C(=O)N(c3ccccc3)C2=O)c1. The third-order valence-electron chi connectivity index (χ3n) is 4.90. The highest BCUT2D eigenvalue weighted by molar-refractivity contribution is 6.46. The summed E-state index contributed by atoms with van der Waals surface area (Å²) < 4.78 is 24.1. The fourth-order valence-corrected chi connectivity index (χ4v) is 3.39. The van der Waals surface area contributed by atoms with Crippen LogP contribution in [-0.2, 0) is 9.59 Å². The lowest BCUT2D eigenvalue weighted by Gasteiger charge is -2.16. The number of imide groups is 1. The number of amides is 2. The van der Waals surface area contributed by atoms with Crippen LogP contribution in [0.1, 0.15) is 5.56 Å². The Bertz CT molecular complexity index is 1170. The van der Waals surface area contributed by atoms with Crippen LogP contribution in [0.2, 0.25) is 0 Å². The number of hydrogen-bond acceptors (Lipinski definition) is 5. The van der Waals surface area contributed by atoms with Crippen molar-refractivity contribution in [3.63, 3.8) is 0 Å². The lowest BCUT2D eigenvalue weighted by atomic mass is 10.0. The van der Waals surface area contributed by atoms with E-state index in [2.05, 4.69) is 5.32 Å². The number of anilines is 2. The summed E-state index contributed by atoms with van der Waals surface area (Å²) in [6, 6.07) is 19.1. The van der Waals surface area contributed by atoms with Gasteiger partial charge in [0.25, 0.3) is 11.8 Å². The molecule has 31 heavy (non-hydrogen) atoms. The van der Waals surface area contributed by atoms with Crippen LogP contribution in [0.3, 0.4) is 0 Å². The summed E-state index contributed by atoms with van der Waals surface area (Å²) in [5.74, 6) is -0.466. The number of nitrogens with one attached hydrogen (secondary N) is 1. The number of benzene rings is 3. The van der Waals surface area contributed by atoms with Gasteiger partial charge in [0.15, 0.2) is 0 Å². The predicted molar refractivity (Wildman–Crippen MR) is 115 cm³/mol. The molecule has 156 valence electrons. The number of halogens is 1. The van der Waals surface area contributed by atoms with Gasteiger partial charge in [-0.1, -0.05) is 30.3 Å². The van der Waals surface area contributed by atoms with Crippen molar-refractivity contribution in [1.82, 2.24) is 0 Å². The van der Waals surface area contributed by atoms with Crippen LogP contribution in [0.4, 0.5) is 15.8 Å². The smallest absolute Gasteiger partial charge is 0.282 e. The Morgan fingerprint density at radius 2 is 1.55 bits per heavy atom. The first-order chi connectivity index (χ1) is 15.0. The second-order valence-electron chi connectivity index (χ2n) is 6.73. The van der Waals surface area contributed by atoms with Gasteiger partial charge in [-0.25, -0.2) is 9.29 Å². The molecule has 3 aromatic rings. The lowest BCUT2D eigenvalue weighted by Crippen LogP contribution is -2.32. The fraction of sp³-hybridized carbons (Fsp3) is 0.0833. The minimum Gasteiger partial charge on any atom is -0.497 e. The Balaban J connectivity index is 1.85. The molecule has 0 saturated heterocycles. The molecular weight excluding hydrogens is 399 g/mol. The molecule has 0 aliphatic carbocycles. The summed E-state index contributed by atoms with van der Waals surface area (Å²) >= 11 is 0. The Morgan fingerprint density at radius 1 is 0.839 bits per heavy atom. The lowest BCUT2D eigenvalue weighted by molar-refractivity contribution is -0.120. The molecule has 4 rings (SSSR count). The highest BCUT2D eigenvalue weighted by Gasteiger charge is 2.40. The minimum atomic E-state index is -0.527. The van der Waals surface area contributed by atoms with Gasteiger partial charge in [-0.2, -0.15) is 0 Å². The van der Waals surface area contributed by atoms with E-state index in [1.54, 1.807) is 48.5 Å². The van der Waals surface area contributed by atoms with E-state index in [-0.39, 0.29) is 11.3 Å². The highest BCUT2D eigenvalue weighted by Crippen LogP contribution is 2.36. The molecule has 7 heteroatoms. The topological polar surface area (TPSA) is 67.9 Å². The summed E-state index contributed by atoms with van der Waals surface area (Å²) in [4.78, 5) is 27.8. The molecule has 3 aromatic carbocycles. The standard InChI is InChI=1S/C24H19FN2O4/c1-30-18-12-13-20(31-2)19(14-18)26-22-21(15-8-10-16(25)11-9-15)23(28)27(24(22)29)17-6-4-3-5-7-17/h3-14,26H,1-2H3. The molecule has 2 amide bonds. The molecule has 0 saturated carbocycles. The monoisotopic (exact) mass is 418 g/mol. The van der Waals surface area contributed by atoms with Gasteiger partial charge in [-0.15, -0.1) is 0 Å². The zero-order valence-electron chi connectivity index (χ0n) is 16.9. The molecular formula is C24H19FN2O4. The zero-order chi connectivity index (χ0) is 22.0. The number of rotatable bonds is 6. The van der Waals surface area contributed by atoms with Gasteiger partial charge in [0.1, 0.15) is 23.0 Å². The van der Waals surface area contributed by atoms with Crippen molar-refractivity contribution in [3.8, 4) is 11.5 Å². The summed E-state index contributed by atoms with van der Waals surface area (Å²) in [5, 5.41) is 3.05. The van der Waals surface area contributed by atoms with Gasteiger partial charge in [-0.3, -0.25) is 9.59 Å². The second-order valence-corrected chi connectivity index (χ2v) is 6.73. The summed E-state index contributed by atoms with van der Waals surface area (Å²) in [5.41, 5.74) is 1.51. The van der Waals surface area contributed by atoms with Crippen LogP contribution in [0.15, 0.2) is 78.5 Å². The second kappa shape index (κ2) is 8.31. The van der Waals surface area contributed by atoms with Gasteiger partial charge < -0.3 is 14.8 Å². The van der Waals surface area contributed by atoms with Crippen molar-refractivity contribution >= 4 is 28.8 Å². The first-order valence-corrected chi connectivity index (χ1v) is 9.46. The van der Waals surface area contributed by atoms with E-state index in [9.17, 15) is 14.0 Å². The van der Waals surface area contributed by atoms with E-state index < -0.39 is 17.6 Å². The number of methoxy groups -OCH3 is 2. The van der Waals surface area contributed by atoms with Crippen LogP contribution in [-0.4, -0.2) is 26.0 Å². The molecule has 1 aliphatic heterocycles. The number of carbonyl (C=O) groups is 2. The maximum Gasteiger partial charge on any atom is 0.282 e. The predicted octanol–water partition coefficient (Wildman–Crippen LogP) is 4.24. The van der Waals surface area contributed by atoms with Crippen LogP contribution in [0, 0.1) is 5.82 Å². The van der Waals surface area contributed by atoms with Crippen LogP contribution < -0.4 is 19.7 Å². The van der Waals surface area contributed by atoms with E-state index in [4.69, 9.17) is 9.47 Å². The number of carbonyl (C=O) groups excluding carboxylic acids is 2. The highest BCUT2D eigenvalue weighted by atomic mass is 19.1. The quantitative estimate of drug-likeness (QED) is 0.607. The Hall–Kier alpha value is -4.13. The first-order valence-electron chi connectivity index (χ1n) is 9.46. The third kappa shape index (κ3) is 3.73. The van der Waals surface area contributed by atoms with Crippen molar-refractivity contribution in [2.24, 2.45) is 0 Å². The van der Waals surface area contributed by atoms with E-state index >= 15 is 0 Å². The summed E-state index contributed by atoms with van der Waals surface area (Å²) in [7, 11) is 3.02. The molecule has 0 fully saturated rings. The number of ether oxygens (including phenoxy) is 2.